The van der Waals surface area contributed by atoms with E-state index in [1.54, 1.807) is 0 Å². The summed E-state index contributed by atoms with van der Waals surface area (Å²) in [7, 11) is 0. The van der Waals surface area contributed by atoms with E-state index in [1.165, 1.54) is 12.8 Å². The highest BCUT2D eigenvalue weighted by atomic mass is 16.5. The van der Waals surface area contributed by atoms with Crippen molar-refractivity contribution < 1.29 is 9.53 Å². The van der Waals surface area contributed by atoms with Gasteiger partial charge in [0.2, 0.25) is 0 Å². The molecule has 0 saturated carbocycles. The van der Waals surface area contributed by atoms with Crippen LogP contribution < -0.4 is 5.32 Å². The molecule has 1 aliphatic rings. The van der Waals surface area contributed by atoms with Crippen LogP contribution in [0.2, 0.25) is 0 Å². The molecule has 1 heterocycles. The summed E-state index contributed by atoms with van der Waals surface area (Å²) in [5.74, 6) is 0.693. The standard InChI is InChI=1S/C17H34N2O2/c1-7-21-16(20)17(6,18-13(2)3)9-11-19-10-8-14(4)12-15(19)5/h13-15,18H,7-12H2,1-6H3. The Kier molecular flexibility index (Phi) is 7.14. The summed E-state index contributed by atoms with van der Waals surface area (Å²) in [6.45, 7) is 15.1. The van der Waals surface area contributed by atoms with Gasteiger partial charge in [0.15, 0.2) is 0 Å². The van der Waals surface area contributed by atoms with Gasteiger partial charge in [0.05, 0.1) is 6.61 Å². The lowest BCUT2D eigenvalue weighted by Gasteiger charge is -2.39. The van der Waals surface area contributed by atoms with Gasteiger partial charge in [-0.2, -0.15) is 0 Å². The number of nitrogens with one attached hydrogen (secondary N) is 1. The Bertz CT molecular complexity index is 333. The highest BCUT2D eigenvalue weighted by molar-refractivity contribution is 5.80. The predicted octanol–water partition coefficient (Wildman–Crippen LogP) is 2.82. The van der Waals surface area contributed by atoms with Crippen LogP contribution >= 0.6 is 0 Å². The van der Waals surface area contributed by atoms with Crippen molar-refractivity contribution in [2.24, 2.45) is 5.92 Å². The van der Waals surface area contributed by atoms with E-state index >= 15 is 0 Å². The quantitative estimate of drug-likeness (QED) is 0.734. The number of rotatable bonds is 7. The number of hydrogen-bond donors (Lipinski definition) is 1. The first-order valence-electron chi connectivity index (χ1n) is 8.47. The first-order chi connectivity index (χ1) is 9.78. The molecule has 0 aromatic carbocycles. The van der Waals surface area contributed by atoms with Crippen LogP contribution in [-0.4, -0.2) is 48.2 Å². The molecule has 1 N–H and O–H groups in total. The minimum atomic E-state index is -0.590. The number of esters is 1. The zero-order valence-corrected chi connectivity index (χ0v) is 14.7. The molecule has 3 unspecified atom stereocenters. The Balaban J connectivity index is 2.62. The topological polar surface area (TPSA) is 41.6 Å². The molecule has 0 amide bonds. The van der Waals surface area contributed by atoms with E-state index in [4.69, 9.17) is 4.74 Å². The first-order valence-corrected chi connectivity index (χ1v) is 8.47. The van der Waals surface area contributed by atoms with Crippen LogP contribution in [0.5, 0.6) is 0 Å². The third-order valence-electron chi connectivity index (χ3n) is 4.51. The third kappa shape index (κ3) is 5.59. The third-order valence-corrected chi connectivity index (χ3v) is 4.51. The van der Waals surface area contributed by atoms with Crippen molar-refractivity contribution in [1.29, 1.82) is 0 Å². The maximum absolute atomic E-state index is 12.3. The van der Waals surface area contributed by atoms with Crippen molar-refractivity contribution in [1.82, 2.24) is 10.2 Å². The van der Waals surface area contributed by atoms with Crippen molar-refractivity contribution in [2.75, 3.05) is 19.7 Å². The molecule has 4 nitrogen and oxygen atoms in total. The number of ether oxygens (including phenoxy) is 1. The average molecular weight is 298 g/mol. The van der Waals surface area contributed by atoms with E-state index in [1.807, 2.05) is 13.8 Å². The fourth-order valence-corrected chi connectivity index (χ4v) is 3.32. The molecule has 0 aromatic heterocycles. The second kappa shape index (κ2) is 8.14. The molecule has 21 heavy (non-hydrogen) atoms. The summed E-state index contributed by atoms with van der Waals surface area (Å²) < 4.78 is 5.27. The summed E-state index contributed by atoms with van der Waals surface area (Å²) in [6, 6.07) is 0.873. The Morgan fingerprint density at radius 3 is 2.62 bits per heavy atom. The van der Waals surface area contributed by atoms with Crippen LogP contribution in [0.4, 0.5) is 0 Å². The van der Waals surface area contributed by atoms with Gasteiger partial charge in [-0.1, -0.05) is 6.92 Å². The SMILES string of the molecule is CCOC(=O)C(C)(CCN1CCC(C)CC1C)NC(C)C. The molecule has 0 aliphatic carbocycles. The number of carbonyl (C=O) groups excluding carboxylic acids is 1. The minimum Gasteiger partial charge on any atom is -0.465 e. The maximum atomic E-state index is 12.3. The van der Waals surface area contributed by atoms with Crippen LogP contribution in [0.1, 0.15) is 60.8 Å². The van der Waals surface area contributed by atoms with Crippen LogP contribution in [-0.2, 0) is 9.53 Å². The summed E-state index contributed by atoms with van der Waals surface area (Å²) in [5.41, 5.74) is -0.590. The Morgan fingerprint density at radius 1 is 1.43 bits per heavy atom. The molecule has 0 aromatic rings. The van der Waals surface area contributed by atoms with Gasteiger partial charge in [-0.25, -0.2) is 0 Å². The number of carbonyl (C=O) groups is 1. The van der Waals surface area contributed by atoms with E-state index in [0.29, 0.717) is 12.6 Å². The fraction of sp³-hybridized carbons (Fsp3) is 0.941. The lowest BCUT2D eigenvalue weighted by atomic mass is 9.91. The molecule has 0 bridgehead atoms. The second-order valence-electron chi connectivity index (χ2n) is 7.12. The lowest BCUT2D eigenvalue weighted by molar-refractivity contribution is -0.151. The van der Waals surface area contributed by atoms with Gasteiger partial charge in [0.25, 0.3) is 0 Å². The van der Waals surface area contributed by atoms with Crippen LogP contribution in [0, 0.1) is 5.92 Å². The first kappa shape index (κ1) is 18.4. The lowest BCUT2D eigenvalue weighted by Crippen LogP contribution is -2.55. The summed E-state index contributed by atoms with van der Waals surface area (Å²) in [5, 5.41) is 3.40. The Morgan fingerprint density at radius 2 is 2.10 bits per heavy atom. The van der Waals surface area contributed by atoms with Gasteiger partial charge in [-0.05, 0) is 66.3 Å². The minimum absolute atomic E-state index is 0.128. The zero-order valence-electron chi connectivity index (χ0n) is 14.7. The van der Waals surface area contributed by atoms with Gasteiger partial charge in [0, 0.05) is 18.6 Å². The molecule has 124 valence electrons. The molecule has 3 atom stereocenters. The second-order valence-corrected chi connectivity index (χ2v) is 7.12. The summed E-state index contributed by atoms with van der Waals surface area (Å²) >= 11 is 0. The number of piperidine rings is 1. The molecule has 0 spiro atoms. The van der Waals surface area contributed by atoms with Crippen molar-refractivity contribution >= 4 is 5.97 Å². The molecule has 0 radical (unpaired) electrons. The predicted molar refractivity (Wildman–Crippen MR) is 87.4 cm³/mol. The van der Waals surface area contributed by atoms with Crippen molar-refractivity contribution in [3.63, 3.8) is 0 Å². The van der Waals surface area contributed by atoms with E-state index in [-0.39, 0.29) is 12.0 Å². The number of nitrogens with zero attached hydrogens (tertiary/aromatic N) is 1. The van der Waals surface area contributed by atoms with E-state index in [9.17, 15) is 4.79 Å². The number of hydrogen-bond acceptors (Lipinski definition) is 4. The van der Waals surface area contributed by atoms with Crippen molar-refractivity contribution in [3.8, 4) is 0 Å². The largest absolute Gasteiger partial charge is 0.465 e. The molecule has 1 fully saturated rings. The smallest absolute Gasteiger partial charge is 0.326 e. The van der Waals surface area contributed by atoms with Crippen LogP contribution in [0.3, 0.4) is 0 Å². The fourth-order valence-electron chi connectivity index (χ4n) is 3.32. The monoisotopic (exact) mass is 298 g/mol. The highest BCUT2D eigenvalue weighted by Gasteiger charge is 2.36. The Hall–Kier alpha value is -0.610. The van der Waals surface area contributed by atoms with E-state index in [0.717, 1.165) is 25.4 Å². The van der Waals surface area contributed by atoms with Gasteiger partial charge < -0.3 is 9.64 Å². The summed E-state index contributed by atoms with van der Waals surface area (Å²) in [4.78, 5) is 14.8. The van der Waals surface area contributed by atoms with Crippen LogP contribution in [0.25, 0.3) is 0 Å². The van der Waals surface area contributed by atoms with E-state index in [2.05, 4.69) is 37.9 Å². The Labute approximate surface area is 130 Å². The zero-order chi connectivity index (χ0) is 16.0. The molecule has 1 aliphatic heterocycles. The van der Waals surface area contributed by atoms with Gasteiger partial charge >= 0.3 is 5.97 Å². The molecule has 4 heteroatoms. The summed E-state index contributed by atoms with van der Waals surface area (Å²) in [6.07, 6.45) is 3.31. The van der Waals surface area contributed by atoms with Crippen LogP contribution in [0.15, 0.2) is 0 Å². The normalized spacial score (nSPS) is 26.6. The van der Waals surface area contributed by atoms with Crippen molar-refractivity contribution in [3.05, 3.63) is 0 Å². The molecule has 1 rings (SSSR count). The number of likely N-dealkylation sites (tertiary alicyclic amines) is 1. The maximum Gasteiger partial charge on any atom is 0.326 e. The average Bonchev–Trinajstić information content (AvgIpc) is 2.37. The van der Waals surface area contributed by atoms with Gasteiger partial charge in [0.1, 0.15) is 5.54 Å². The molecular formula is C17H34N2O2. The molecular weight excluding hydrogens is 264 g/mol. The van der Waals surface area contributed by atoms with Gasteiger partial charge in [-0.15, -0.1) is 0 Å². The molecule has 1 saturated heterocycles. The highest BCUT2D eigenvalue weighted by Crippen LogP contribution is 2.24. The van der Waals surface area contributed by atoms with Crippen molar-refractivity contribution in [2.45, 2.75) is 78.4 Å². The van der Waals surface area contributed by atoms with Gasteiger partial charge in [-0.3, -0.25) is 10.1 Å². The van der Waals surface area contributed by atoms with E-state index < -0.39 is 5.54 Å².